The summed E-state index contributed by atoms with van der Waals surface area (Å²) in [7, 11) is 1.60. The first-order valence-electron chi connectivity index (χ1n) is 7.27. The molecule has 1 N–H and O–H groups in total. The van der Waals surface area contributed by atoms with Gasteiger partial charge in [0.05, 0.1) is 11.1 Å². The number of nitrogens with one attached hydrogen (secondary N) is 1. The number of aryl methyl sites for hydroxylation is 1. The van der Waals surface area contributed by atoms with Gasteiger partial charge >= 0.3 is 0 Å². The third-order valence-corrected chi connectivity index (χ3v) is 3.54. The third kappa shape index (κ3) is 3.51. The Hall–Kier alpha value is -2.21. The van der Waals surface area contributed by atoms with Crippen LogP contribution in [0.1, 0.15) is 39.1 Å². The molecular formula is C16H20N2O4. The zero-order valence-electron chi connectivity index (χ0n) is 12.8. The van der Waals surface area contributed by atoms with Crippen molar-refractivity contribution in [1.29, 1.82) is 0 Å². The molecule has 1 heterocycles. The van der Waals surface area contributed by atoms with Crippen LogP contribution in [-0.4, -0.2) is 49.4 Å². The van der Waals surface area contributed by atoms with Crippen molar-refractivity contribution in [2.24, 2.45) is 0 Å². The van der Waals surface area contributed by atoms with E-state index in [1.165, 1.54) is 0 Å². The maximum Gasteiger partial charge on any atom is 0.261 e. The monoisotopic (exact) mass is 304 g/mol. The van der Waals surface area contributed by atoms with Crippen molar-refractivity contribution in [3.8, 4) is 0 Å². The first-order valence-corrected chi connectivity index (χ1v) is 7.27. The molecule has 0 saturated heterocycles. The van der Waals surface area contributed by atoms with Gasteiger partial charge in [0.1, 0.15) is 0 Å². The van der Waals surface area contributed by atoms with Crippen molar-refractivity contribution in [3.63, 3.8) is 0 Å². The molecule has 1 aromatic carbocycles. The lowest BCUT2D eigenvalue weighted by Gasteiger charge is -2.13. The highest BCUT2D eigenvalue weighted by Gasteiger charge is 2.35. The summed E-state index contributed by atoms with van der Waals surface area (Å²) in [6.07, 6.45) is 0.839. The Bertz CT molecular complexity index is 598. The zero-order valence-corrected chi connectivity index (χ0v) is 12.8. The summed E-state index contributed by atoms with van der Waals surface area (Å²) in [5.41, 5.74) is 1.76. The Balaban J connectivity index is 1.88. The average Bonchev–Trinajstić information content (AvgIpc) is 2.73. The van der Waals surface area contributed by atoms with Crippen molar-refractivity contribution < 1.29 is 19.1 Å². The normalized spacial score (nSPS) is 13.5. The van der Waals surface area contributed by atoms with E-state index >= 15 is 0 Å². The number of nitrogens with zero attached hydrogens (tertiary/aromatic N) is 1. The molecule has 0 bridgehead atoms. The Morgan fingerprint density at radius 3 is 2.68 bits per heavy atom. The summed E-state index contributed by atoms with van der Waals surface area (Å²) in [5.74, 6) is -0.827. The standard InChI is InChI=1S/C16H20N2O4/c1-11-4-5-12-13(10-11)16(21)18(15(12)20)8-6-14(19)17-7-3-9-22-2/h4-5,10H,3,6-9H2,1-2H3,(H,17,19). The van der Waals surface area contributed by atoms with Crippen LogP contribution in [0, 0.1) is 6.92 Å². The number of imide groups is 1. The van der Waals surface area contributed by atoms with Crippen LogP contribution in [0.4, 0.5) is 0 Å². The quantitative estimate of drug-likeness (QED) is 0.605. The number of amides is 3. The highest BCUT2D eigenvalue weighted by Crippen LogP contribution is 2.23. The fraction of sp³-hybridized carbons (Fsp3) is 0.438. The average molecular weight is 304 g/mol. The number of benzene rings is 1. The summed E-state index contributed by atoms with van der Waals surface area (Å²) in [6.45, 7) is 3.07. The predicted octanol–water partition coefficient (Wildman–Crippen LogP) is 1.13. The summed E-state index contributed by atoms with van der Waals surface area (Å²) in [5, 5.41) is 2.73. The number of carbonyl (C=O) groups excluding carboxylic acids is 3. The molecule has 0 fully saturated rings. The molecule has 22 heavy (non-hydrogen) atoms. The largest absolute Gasteiger partial charge is 0.385 e. The Morgan fingerprint density at radius 2 is 1.95 bits per heavy atom. The van der Waals surface area contributed by atoms with Gasteiger partial charge in [0.25, 0.3) is 11.8 Å². The highest BCUT2D eigenvalue weighted by atomic mass is 16.5. The summed E-state index contributed by atoms with van der Waals surface area (Å²) in [6, 6.07) is 5.17. The van der Waals surface area contributed by atoms with Gasteiger partial charge < -0.3 is 10.1 Å². The molecule has 1 aliphatic rings. The topological polar surface area (TPSA) is 75.7 Å². The smallest absolute Gasteiger partial charge is 0.261 e. The van der Waals surface area contributed by atoms with Crippen LogP contribution < -0.4 is 5.32 Å². The van der Waals surface area contributed by atoms with Gasteiger partial charge in [0.15, 0.2) is 0 Å². The van der Waals surface area contributed by atoms with Gasteiger partial charge in [-0.2, -0.15) is 0 Å². The number of methoxy groups -OCH3 is 1. The number of ether oxygens (including phenoxy) is 1. The molecule has 6 heteroatoms. The van der Waals surface area contributed by atoms with E-state index in [-0.39, 0.29) is 30.7 Å². The van der Waals surface area contributed by atoms with Gasteiger partial charge in [-0.05, 0) is 25.5 Å². The molecule has 0 saturated carbocycles. The van der Waals surface area contributed by atoms with Gasteiger partial charge in [-0.25, -0.2) is 0 Å². The zero-order chi connectivity index (χ0) is 16.1. The molecule has 0 radical (unpaired) electrons. The molecule has 118 valence electrons. The second-order valence-corrected chi connectivity index (χ2v) is 5.26. The van der Waals surface area contributed by atoms with Gasteiger partial charge in [-0.15, -0.1) is 0 Å². The number of rotatable bonds is 7. The van der Waals surface area contributed by atoms with E-state index in [0.717, 1.165) is 16.9 Å². The Morgan fingerprint density at radius 1 is 1.23 bits per heavy atom. The van der Waals surface area contributed by atoms with Crippen LogP contribution >= 0.6 is 0 Å². The van der Waals surface area contributed by atoms with Crippen LogP contribution in [0.2, 0.25) is 0 Å². The summed E-state index contributed by atoms with van der Waals surface area (Å²) in [4.78, 5) is 37.3. The van der Waals surface area contributed by atoms with Crippen LogP contribution in [0.3, 0.4) is 0 Å². The molecule has 3 amide bonds. The highest BCUT2D eigenvalue weighted by molar-refractivity contribution is 6.21. The molecule has 0 atom stereocenters. The van der Waals surface area contributed by atoms with Gasteiger partial charge in [-0.3, -0.25) is 19.3 Å². The molecule has 0 aliphatic carbocycles. The molecule has 1 aromatic rings. The van der Waals surface area contributed by atoms with E-state index in [1.54, 1.807) is 25.3 Å². The van der Waals surface area contributed by atoms with Crippen LogP contribution in [0.25, 0.3) is 0 Å². The predicted molar refractivity (Wildman–Crippen MR) is 80.7 cm³/mol. The van der Waals surface area contributed by atoms with Crippen molar-refractivity contribution in [3.05, 3.63) is 34.9 Å². The van der Waals surface area contributed by atoms with Crippen molar-refractivity contribution in [2.75, 3.05) is 26.8 Å². The molecular weight excluding hydrogens is 284 g/mol. The van der Waals surface area contributed by atoms with Crippen molar-refractivity contribution in [2.45, 2.75) is 19.8 Å². The molecule has 0 aromatic heterocycles. The Labute approximate surface area is 129 Å². The van der Waals surface area contributed by atoms with Crippen molar-refractivity contribution >= 4 is 17.7 Å². The maximum atomic E-state index is 12.2. The lowest BCUT2D eigenvalue weighted by atomic mass is 10.1. The summed E-state index contributed by atoms with van der Waals surface area (Å²) >= 11 is 0. The third-order valence-electron chi connectivity index (χ3n) is 3.54. The maximum absolute atomic E-state index is 12.2. The fourth-order valence-electron chi connectivity index (χ4n) is 2.35. The second kappa shape index (κ2) is 7.17. The van der Waals surface area contributed by atoms with Gasteiger partial charge in [0, 0.05) is 33.2 Å². The van der Waals surface area contributed by atoms with E-state index in [1.807, 2.05) is 6.92 Å². The second-order valence-electron chi connectivity index (χ2n) is 5.26. The first-order chi connectivity index (χ1) is 10.5. The number of carbonyl (C=O) groups is 3. The number of fused-ring (bicyclic) bond motifs is 1. The number of hydrogen-bond acceptors (Lipinski definition) is 4. The molecule has 1 aliphatic heterocycles. The first kappa shape index (κ1) is 16.2. The molecule has 0 unspecified atom stereocenters. The lowest BCUT2D eigenvalue weighted by molar-refractivity contribution is -0.121. The van der Waals surface area contributed by atoms with E-state index in [4.69, 9.17) is 4.74 Å². The van der Waals surface area contributed by atoms with E-state index in [0.29, 0.717) is 24.3 Å². The van der Waals surface area contributed by atoms with Crippen LogP contribution in [-0.2, 0) is 9.53 Å². The summed E-state index contributed by atoms with van der Waals surface area (Å²) < 4.78 is 4.89. The van der Waals surface area contributed by atoms with Crippen LogP contribution in [0.5, 0.6) is 0 Å². The fourth-order valence-corrected chi connectivity index (χ4v) is 2.35. The molecule has 0 spiro atoms. The molecule has 6 nitrogen and oxygen atoms in total. The van der Waals surface area contributed by atoms with E-state index < -0.39 is 0 Å². The minimum atomic E-state index is -0.327. The van der Waals surface area contributed by atoms with E-state index in [2.05, 4.69) is 5.32 Å². The minimum Gasteiger partial charge on any atom is -0.385 e. The molecule has 2 rings (SSSR count). The minimum absolute atomic E-state index is 0.0987. The lowest BCUT2D eigenvalue weighted by Crippen LogP contribution is -2.35. The number of hydrogen-bond donors (Lipinski definition) is 1. The van der Waals surface area contributed by atoms with Crippen LogP contribution in [0.15, 0.2) is 18.2 Å². The Kier molecular flexibility index (Phi) is 5.27. The van der Waals surface area contributed by atoms with Gasteiger partial charge in [0.2, 0.25) is 5.91 Å². The van der Waals surface area contributed by atoms with E-state index in [9.17, 15) is 14.4 Å². The van der Waals surface area contributed by atoms with Crippen molar-refractivity contribution in [1.82, 2.24) is 10.2 Å². The van der Waals surface area contributed by atoms with Gasteiger partial charge in [-0.1, -0.05) is 11.6 Å². The SMILES string of the molecule is COCCCNC(=O)CCN1C(=O)c2ccc(C)cc2C1=O.